The highest BCUT2D eigenvalue weighted by Gasteiger charge is 2.34. The van der Waals surface area contributed by atoms with Crippen LogP contribution in [0.2, 0.25) is 0 Å². The number of allylic oxidation sites excluding steroid dienone is 3. The summed E-state index contributed by atoms with van der Waals surface area (Å²) in [7, 11) is 3.90. The first kappa shape index (κ1) is 37.5. The molecule has 0 spiro atoms. The molecule has 5 heteroatoms. The van der Waals surface area contributed by atoms with Gasteiger partial charge in [0.2, 0.25) is 5.91 Å². The van der Waals surface area contributed by atoms with Gasteiger partial charge in [-0.2, -0.15) is 0 Å². The molecular weight excluding hydrogens is 590 g/mol. The molecule has 1 saturated heterocycles. The van der Waals surface area contributed by atoms with Gasteiger partial charge in [0.25, 0.3) is 0 Å². The van der Waals surface area contributed by atoms with Gasteiger partial charge in [0.05, 0.1) is 13.2 Å². The molecule has 5 rings (SSSR count). The van der Waals surface area contributed by atoms with E-state index >= 15 is 0 Å². The van der Waals surface area contributed by atoms with Gasteiger partial charge in [-0.3, -0.25) is 9.69 Å². The first-order valence-electron chi connectivity index (χ1n) is 18.6. The monoisotopic (exact) mass is 653 g/mol. The predicted octanol–water partition coefficient (Wildman–Crippen LogP) is 9.93. The summed E-state index contributed by atoms with van der Waals surface area (Å²) in [5.74, 6) is 2.76. The molecule has 0 aliphatic carbocycles. The molecule has 3 aliphatic rings. The van der Waals surface area contributed by atoms with Gasteiger partial charge >= 0.3 is 0 Å². The molecule has 5 nitrogen and oxygen atoms in total. The number of hydrogen-bond acceptors (Lipinski definition) is 4. The first-order valence-corrected chi connectivity index (χ1v) is 18.6. The Hall–Kier alpha value is -3.31. The predicted molar refractivity (Wildman–Crippen MR) is 203 cm³/mol. The fourth-order valence-electron chi connectivity index (χ4n) is 8.08. The second-order valence-corrected chi connectivity index (χ2v) is 14.5. The van der Waals surface area contributed by atoms with Crippen molar-refractivity contribution in [2.24, 2.45) is 11.8 Å². The topological polar surface area (TPSA) is 36.0 Å². The minimum absolute atomic E-state index is 0.188. The highest BCUT2D eigenvalue weighted by molar-refractivity contribution is 5.83. The Balaban J connectivity index is 0.00000255. The van der Waals surface area contributed by atoms with Crippen molar-refractivity contribution < 1.29 is 9.53 Å². The summed E-state index contributed by atoms with van der Waals surface area (Å²) in [6.45, 7) is 27.7. The molecule has 0 saturated carbocycles. The lowest BCUT2D eigenvalue weighted by Gasteiger charge is -2.41. The van der Waals surface area contributed by atoms with Crippen LogP contribution in [0.3, 0.4) is 0 Å². The van der Waals surface area contributed by atoms with E-state index in [-0.39, 0.29) is 11.9 Å². The van der Waals surface area contributed by atoms with Gasteiger partial charge in [0, 0.05) is 49.6 Å². The molecule has 2 aromatic carbocycles. The Labute approximate surface area is 292 Å². The molecule has 3 aliphatic heterocycles. The number of hydrogen-bond donors (Lipinski definition) is 0. The average molecular weight is 654 g/mol. The summed E-state index contributed by atoms with van der Waals surface area (Å²) >= 11 is 0. The number of likely N-dealkylation sites (tertiary alicyclic amines) is 1. The zero-order valence-corrected chi connectivity index (χ0v) is 32.0. The van der Waals surface area contributed by atoms with Crippen molar-refractivity contribution in [2.45, 2.75) is 113 Å². The SMILES string of the molecule is C=C1C(C)=C(C)C(c2cc(OC)c(CN3CCC(Cc4cccc5c4CCN(C(=O)CC)C5C(C)C)CC3)c(C(C)C)c2)=CN1C.CC. The van der Waals surface area contributed by atoms with Crippen molar-refractivity contribution in [1.82, 2.24) is 14.7 Å². The van der Waals surface area contributed by atoms with E-state index in [0.717, 1.165) is 50.5 Å². The van der Waals surface area contributed by atoms with Crippen molar-refractivity contribution in [3.63, 3.8) is 0 Å². The van der Waals surface area contributed by atoms with E-state index in [0.29, 0.717) is 24.2 Å². The van der Waals surface area contributed by atoms with Crippen LogP contribution in [0.5, 0.6) is 5.75 Å². The molecule has 2 aromatic rings. The molecule has 262 valence electrons. The van der Waals surface area contributed by atoms with E-state index in [1.54, 1.807) is 0 Å². The van der Waals surface area contributed by atoms with E-state index in [4.69, 9.17) is 4.74 Å². The standard InChI is InChI=1S/C41H57N3O2.C2H6/c1-11-40(45)44-20-17-34-32(13-12-14-35(34)41(44)27(4)5)21-31-15-18-43(19-16-31)25-38-36(26(2)3)22-33(23-39(38)46-10)37-24-42(9)30(8)28(6)29(37)7;1-2/h12-14,22-24,26-27,31,41H,8,11,15-21,25H2,1-7,9-10H3;1-2H3. The number of carbonyl (C=O) groups excluding carboxylic acids is 1. The molecule has 48 heavy (non-hydrogen) atoms. The van der Waals surface area contributed by atoms with Crippen molar-refractivity contribution in [2.75, 3.05) is 33.8 Å². The lowest BCUT2D eigenvalue weighted by atomic mass is 9.80. The Bertz CT molecular complexity index is 1520. The third-order valence-corrected chi connectivity index (χ3v) is 11.0. The Morgan fingerprint density at radius 1 is 1.02 bits per heavy atom. The largest absolute Gasteiger partial charge is 0.496 e. The summed E-state index contributed by atoms with van der Waals surface area (Å²) < 4.78 is 6.10. The summed E-state index contributed by atoms with van der Waals surface area (Å²) in [4.78, 5) is 19.7. The summed E-state index contributed by atoms with van der Waals surface area (Å²) in [6.07, 6.45) is 7.32. The highest BCUT2D eigenvalue weighted by atomic mass is 16.5. The van der Waals surface area contributed by atoms with Crippen LogP contribution in [0.15, 0.2) is 60.0 Å². The smallest absolute Gasteiger partial charge is 0.222 e. The molecular formula is C43H63N3O2. The van der Waals surface area contributed by atoms with Gasteiger partial charge in [0.1, 0.15) is 5.75 Å². The van der Waals surface area contributed by atoms with Crippen LogP contribution < -0.4 is 4.74 Å². The van der Waals surface area contributed by atoms with Crippen LogP contribution in [0.25, 0.3) is 5.57 Å². The molecule has 3 heterocycles. The number of carbonyl (C=O) groups is 1. The van der Waals surface area contributed by atoms with Gasteiger partial charge in [-0.05, 0) is 115 Å². The Morgan fingerprint density at radius 3 is 2.31 bits per heavy atom. The zero-order chi connectivity index (χ0) is 35.3. The molecule has 0 aromatic heterocycles. The van der Waals surface area contributed by atoms with Crippen LogP contribution in [-0.2, 0) is 24.2 Å². The van der Waals surface area contributed by atoms with Gasteiger partial charge in [-0.15, -0.1) is 0 Å². The summed E-state index contributed by atoms with van der Waals surface area (Å²) in [6, 6.07) is 11.7. The van der Waals surface area contributed by atoms with Crippen molar-refractivity contribution in [3.05, 3.63) is 93.3 Å². The van der Waals surface area contributed by atoms with Gasteiger partial charge < -0.3 is 14.5 Å². The Kier molecular flexibility index (Phi) is 12.8. The number of benzene rings is 2. The van der Waals surface area contributed by atoms with Gasteiger partial charge in [-0.25, -0.2) is 0 Å². The van der Waals surface area contributed by atoms with E-state index in [1.807, 2.05) is 27.9 Å². The highest BCUT2D eigenvalue weighted by Crippen LogP contribution is 2.41. The number of ether oxygens (including phenoxy) is 1. The third-order valence-electron chi connectivity index (χ3n) is 11.0. The third kappa shape index (κ3) is 7.77. The van der Waals surface area contributed by atoms with Crippen molar-refractivity contribution >= 4 is 11.5 Å². The normalized spacial score (nSPS) is 19.0. The maximum absolute atomic E-state index is 12.8. The minimum atomic E-state index is 0.188. The van der Waals surface area contributed by atoms with Crippen LogP contribution in [-0.4, -0.2) is 54.4 Å². The number of nitrogens with zero attached hydrogens (tertiary/aromatic N) is 3. The van der Waals surface area contributed by atoms with Crippen LogP contribution in [0.1, 0.15) is 127 Å². The van der Waals surface area contributed by atoms with E-state index in [1.165, 1.54) is 62.9 Å². The van der Waals surface area contributed by atoms with Crippen molar-refractivity contribution in [3.8, 4) is 5.75 Å². The maximum atomic E-state index is 12.8. The second kappa shape index (κ2) is 16.4. The van der Waals surface area contributed by atoms with E-state index < -0.39 is 0 Å². The van der Waals surface area contributed by atoms with Crippen LogP contribution in [0.4, 0.5) is 0 Å². The lowest BCUT2D eigenvalue weighted by molar-refractivity contribution is -0.134. The number of rotatable bonds is 9. The summed E-state index contributed by atoms with van der Waals surface area (Å²) in [5, 5.41) is 0. The molecule has 1 amide bonds. The molecule has 1 fully saturated rings. The van der Waals surface area contributed by atoms with E-state index in [9.17, 15) is 4.79 Å². The molecule has 0 bridgehead atoms. The fraction of sp³-hybridized carbons (Fsp3) is 0.558. The first-order chi connectivity index (χ1) is 22.9. The second-order valence-electron chi connectivity index (χ2n) is 14.5. The maximum Gasteiger partial charge on any atom is 0.222 e. The molecule has 1 unspecified atom stereocenters. The average Bonchev–Trinajstić information content (AvgIpc) is 3.09. The van der Waals surface area contributed by atoms with E-state index in [2.05, 4.69) is 106 Å². The number of piperidine rings is 1. The number of likely N-dealkylation sites (N-methyl/N-ethyl adjacent to an activating group) is 1. The number of methoxy groups -OCH3 is 1. The van der Waals surface area contributed by atoms with Gasteiger partial charge in [0.15, 0.2) is 0 Å². The summed E-state index contributed by atoms with van der Waals surface area (Å²) in [5.41, 5.74) is 13.1. The number of fused-ring (bicyclic) bond motifs is 1. The Morgan fingerprint density at radius 2 is 1.71 bits per heavy atom. The molecule has 1 atom stereocenters. The van der Waals surface area contributed by atoms with Gasteiger partial charge in [-0.1, -0.05) is 79.3 Å². The quantitative estimate of drug-likeness (QED) is 0.270. The number of amides is 1. The fourth-order valence-corrected chi connectivity index (χ4v) is 8.08. The molecule has 0 radical (unpaired) electrons. The zero-order valence-electron chi connectivity index (χ0n) is 32.0. The van der Waals surface area contributed by atoms with Crippen molar-refractivity contribution in [1.29, 1.82) is 0 Å². The minimum Gasteiger partial charge on any atom is -0.496 e. The van der Waals surface area contributed by atoms with Crippen LogP contribution in [0, 0.1) is 11.8 Å². The van der Waals surface area contributed by atoms with Crippen LogP contribution >= 0.6 is 0 Å². The lowest BCUT2D eigenvalue weighted by Crippen LogP contribution is -2.42. The molecule has 0 N–H and O–H groups in total.